The third-order valence-corrected chi connectivity index (χ3v) is 4.02. The van der Waals surface area contributed by atoms with Crippen molar-refractivity contribution >= 4 is 29.3 Å². The van der Waals surface area contributed by atoms with Crippen LogP contribution in [-0.4, -0.2) is 33.0 Å². The fraction of sp³-hybridized carbons (Fsp3) is 0.357. The van der Waals surface area contributed by atoms with E-state index < -0.39 is 0 Å². The number of amides is 1. The van der Waals surface area contributed by atoms with Crippen molar-refractivity contribution in [2.45, 2.75) is 25.5 Å². The summed E-state index contributed by atoms with van der Waals surface area (Å²) in [4.78, 5) is 11.5. The minimum absolute atomic E-state index is 0.00235. The molecular weight excluding hydrogens is 308 g/mol. The van der Waals surface area contributed by atoms with E-state index in [4.69, 9.17) is 11.6 Å². The van der Waals surface area contributed by atoms with E-state index in [9.17, 15) is 4.79 Å². The Morgan fingerprint density at radius 3 is 2.86 bits per heavy atom. The topological polar surface area (TPSA) is 59.8 Å². The first-order chi connectivity index (χ1) is 10.2. The molecule has 5 nitrogen and oxygen atoms in total. The van der Waals surface area contributed by atoms with E-state index in [1.807, 2.05) is 42.7 Å². The molecule has 0 aliphatic rings. The maximum absolute atomic E-state index is 11.5. The molecule has 0 saturated carbocycles. The van der Waals surface area contributed by atoms with Crippen LogP contribution in [0.3, 0.4) is 0 Å². The van der Waals surface area contributed by atoms with Gasteiger partial charge in [0.2, 0.25) is 5.91 Å². The van der Waals surface area contributed by atoms with Gasteiger partial charge in [0.05, 0.1) is 5.75 Å². The normalized spacial score (nSPS) is 10.6. The van der Waals surface area contributed by atoms with Gasteiger partial charge in [-0.3, -0.25) is 4.79 Å². The number of benzene rings is 1. The Balaban J connectivity index is 2.20. The molecule has 0 spiro atoms. The predicted octanol–water partition coefficient (Wildman–Crippen LogP) is 2.85. The van der Waals surface area contributed by atoms with Crippen LogP contribution in [-0.2, 0) is 11.3 Å². The minimum atomic E-state index is -0.00235. The Labute approximate surface area is 133 Å². The van der Waals surface area contributed by atoms with Crippen molar-refractivity contribution < 1.29 is 4.79 Å². The smallest absolute Gasteiger partial charge is 0.230 e. The predicted molar refractivity (Wildman–Crippen MR) is 85.5 cm³/mol. The molecule has 0 aliphatic carbocycles. The Bertz CT molecular complexity index is 629. The van der Waals surface area contributed by atoms with Crippen LogP contribution in [0.1, 0.15) is 13.8 Å². The van der Waals surface area contributed by atoms with E-state index in [0.717, 1.165) is 23.1 Å². The highest BCUT2D eigenvalue weighted by molar-refractivity contribution is 7.99. The van der Waals surface area contributed by atoms with E-state index in [0.29, 0.717) is 17.3 Å². The molecule has 0 atom stereocenters. The Morgan fingerprint density at radius 2 is 2.19 bits per heavy atom. The fourth-order valence-electron chi connectivity index (χ4n) is 1.90. The Morgan fingerprint density at radius 1 is 1.38 bits per heavy atom. The summed E-state index contributed by atoms with van der Waals surface area (Å²) in [6.07, 6.45) is 0. The summed E-state index contributed by atoms with van der Waals surface area (Å²) in [5.41, 5.74) is 0.918. The van der Waals surface area contributed by atoms with Gasteiger partial charge in [-0.2, -0.15) is 0 Å². The first-order valence-corrected chi connectivity index (χ1v) is 8.10. The number of nitrogens with one attached hydrogen (secondary N) is 1. The van der Waals surface area contributed by atoms with E-state index >= 15 is 0 Å². The van der Waals surface area contributed by atoms with Crippen LogP contribution < -0.4 is 5.32 Å². The zero-order valence-corrected chi connectivity index (χ0v) is 13.5. The Kier molecular flexibility index (Phi) is 5.64. The zero-order valence-electron chi connectivity index (χ0n) is 12.0. The van der Waals surface area contributed by atoms with Gasteiger partial charge in [0.1, 0.15) is 0 Å². The maximum atomic E-state index is 11.5. The van der Waals surface area contributed by atoms with Crippen molar-refractivity contribution in [3.63, 3.8) is 0 Å². The standard InChI is InChI=1S/C14H17ClN4OS/c1-3-16-12(20)9-21-14-18-17-13(19(14)4-2)10-6-5-7-11(15)8-10/h5-8H,3-4,9H2,1-2H3,(H,16,20). The van der Waals surface area contributed by atoms with Crippen LogP contribution in [0.25, 0.3) is 11.4 Å². The van der Waals surface area contributed by atoms with Crippen molar-refractivity contribution in [1.29, 1.82) is 0 Å². The average molecular weight is 325 g/mol. The highest BCUT2D eigenvalue weighted by atomic mass is 35.5. The van der Waals surface area contributed by atoms with Gasteiger partial charge in [0.15, 0.2) is 11.0 Å². The second kappa shape index (κ2) is 7.47. The maximum Gasteiger partial charge on any atom is 0.230 e. The molecule has 1 N–H and O–H groups in total. The summed E-state index contributed by atoms with van der Waals surface area (Å²) in [6.45, 7) is 5.28. The summed E-state index contributed by atoms with van der Waals surface area (Å²) in [5.74, 6) is 1.09. The molecule has 112 valence electrons. The summed E-state index contributed by atoms with van der Waals surface area (Å²) in [7, 11) is 0. The van der Waals surface area contributed by atoms with E-state index in [-0.39, 0.29) is 5.91 Å². The summed E-state index contributed by atoms with van der Waals surface area (Å²) in [6, 6.07) is 7.51. The van der Waals surface area contributed by atoms with Gasteiger partial charge in [-0.1, -0.05) is 35.5 Å². The van der Waals surface area contributed by atoms with Crippen LogP contribution >= 0.6 is 23.4 Å². The van der Waals surface area contributed by atoms with Crippen molar-refractivity contribution in [2.75, 3.05) is 12.3 Å². The lowest BCUT2D eigenvalue weighted by Crippen LogP contribution is -2.24. The summed E-state index contributed by atoms with van der Waals surface area (Å²) in [5, 5.41) is 12.6. The van der Waals surface area contributed by atoms with Crippen LogP contribution in [0.5, 0.6) is 0 Å². The molecule has 7 heteroatoms. The highest BCUT2D eigenvalue weighted by Crippen LogP contribution is 2.25. The zero-order chi connectivity index (χ0) is 15.2. The number of hydrogen-bond donors (Lipinski definition) is 1. The van der Waals surface area contributed by atoms with E-state index in [1.54, 1.807) is 0 Å². The van der Waals surface area contributed by atoms with Gasteiger partial charge < -0.3 is 9.88 Å². The van der Waals surface area contributed by atoms with E-state index in [1.165, 1.54) is 11.8 Å². The first kappa shape index (κ1) is 15.9. The van der Waals surface area contributed by atoms with Crippen LogP contribution in [0, 0.1) is 0 Å². The van der Waals surface area contributed by atoms with Gasteiger partial charge in [-0.05, 0) is 26.0 Å². The second-order valence-electron chi connectivity index (χ2n) is 4.30. The molecule has 0 aliphatic heterocycles. The number of thioether (sulfide) groups is 1. The monoisotopic (exact) mass is 324 g/mol. The molecule has 0 unspecified atom stereocenters. The van der Waals surface area contributed by atoms with Crippen molar-refractivity contribution in [2.24, 2.45) is 0 Å². The highest BCUT2D eigenvalue weighted by Gasteiger charge is 2.14. The molecule has 0 bridgehead atoms. The first-order valence-electron chi connectivity index (χ1n) is 6.74. The SMILES string of the molecule is CCNC(=O)CSc1nnc(-c2cccc(Cl)c2)n1CC. The average Bonchev–Trinajstić information content (AvgIpc) is 2.88. The lowest BCUT2D eigenvalue weighted by molar-refractivity contribution is -0.118. The summed E-state index contributed by atoms with van der Waals surface area (Å²) >= 11 is 7.40. The largest absolute Gasteiger partial charge is 0.356 e. The number of carbonyl (C=O) groups is 1. The number of carbonyl (C=O) groups excluding carboxylic acids is 1. The quantitative estimate of drug-likeness (QED) is 0.830. The molecule has 0 radical (unpaired) electrons. The van der Waals surface area contributed by atoms with Crippen LogP contribution in [0.15, 0.2) is 29.4 Å². The number of nitrogens with zero attached hydrogens (tertiary/aromatic N) is 3. The van der Waals surface area contributed by atoms with Gasteiger partial charge in [-0.15, -0.1) is 10.2 Å². The third-order valence-electron chi connectivity index (χ3n) is 2.82. The molecule has 1 aromatic heterocycles. The molecule has 0 saturated heterocycles. The molecule has 21 heavy (non-hydrogen) atoms. The molecule has 2 rings (SSSR count). The van der Waals surface area contributed by atoms with Gasteiger partial charge >= 0.3 is 0 Å². The number of hydrogen-bond acceptors (Lipinski definition) is 4. The van der Waals surface area contributed by atoms with Crippen LogP contribution in [0.2, 0.25) is 5.02 Å². The molecule has 1 amide bonds. The third kappa shape index (κ3) is 3.98. The lowest BCUT2D eigenvalue weighted by atomic mass is 10.2. The number of aromatic nitrogens is 3. The van der Waals surface area contributed by atoms with Crippen molar-refractivity contribution in [3.8, 4) is 11.4 Å². The van der Waals surface area contributed by atoms with Gasteiger partial charge in [0.25, 0.3) is 0 Å². The molecule has 1 aromatic carbocycles. The Hall–Kier alpha value is -1.53. The minimum Gasteiger partial charge on any atom is -0.356 e. The van der Waals surface area contributed by atoms with E-state index in [2.05, 4.69) is 15.5 Å². The lowest BCUT2D eigenvalue weighted by Gasteiger charge is -2.07. The molecule has 1 heterocycles. The molecule has 0 fully saturated rings. The molecular formula is C14H17ClN4OS. The van der Waals surface area contributed by atoms with Gasteiger partial charge in [-0.25, -0.2) is 0 Å². The number of rotatable bonds is 6. The van der Waals surface area contributed by atoms with Crippen molar-refractivity contribution in [3.05, 3.63) is 29.3 Å². The fourth-order valence-corrected chi connectivity index (χ4v) is 2.92. The summed E-state index contributed by atoms with van der Waals surface area (Å²) < 4.78 is 1.98. The van der Waals surface area contributed by atoms with Crippen molar-refractivity contribution in [1.82, 2.24) is 20.1 Å². The number of halogens is 1. The van der Waals surface area contributed by atoms with Gasteiger partial charge in [0, 0.05) is 23.7 Å². The van der Waals surface area contributed by atoms with Crippen LogP contribution in [0.4, 0.5) is 0 Å². The second-order valence-corrected chi connectivity index (χ2v) is 5.68. The molecule has 2 aromatic rings.